The van der Waals surface area contributed by atoms with Crippen molar-refractivity contribution in [2.75, 3.05) is 37.5 Å². The minimum atomic E-state index is -0.192. The van der Waals surface area contributed by atoms with Crippen LogP contribution in [0, 0.1) is 0 Å². The van der Waals surface area contributed by atoms with Crippen LogP contribution in [0.15, 0.2) is 42.6 Å². The molecule has 1 aliphatic heterocycles. The van der Waals surface area contributed by atoms with E-state index in [1.165, 1.54) is 0 Å². The summed E-state index contributed by atoms with van der Waals surface area (Å²) in [7, 11) is 3.95. The van der Waals surface area contributed by atoms with Crippen molar-refractivity contribution in [2.24, 2.45) is 0 Å². The Labute approximate surface area is 141 Å². The van der Waals surface area contributed by atoms with E-state index in [1.54, 1.807) is 18.3 Å². The zero-order valence-corrected chi connectivity index (χ0v) is 13.9. The van der Waals surface area contributed by atoms with Crippen LogP contribution in [-0.4, -0.2) is 44.3 Å². The molecular formula is C18H21N3O3. The monoisotopic (exact) mass is 327 g/mol. The van der Waals surface area contributed by atoms with Gasteiger partial charge in [-0.05, 0) is 30.3 Å². The molecule has 1 aliphatic rings. The third-order valence-corrected chi connectivity index (χ3v) is 3.81. The first-order chi connectivity index (χ1) is 11.6. The molecule has 0 saturated carbocycles. The van der Waals surface area contributed by atoms with Crippen molar-refractivity contribution in [1.29, 1.82) is 0 Å². The van der Waals surface area contributed by atoms with Crippen LogP contribution in [0.2, 0.25) is 0 Å². The molecule has 24 heavy (non-hydrogen) atoms. The normalized spacial score (nSPS) is 16.7. The van der Waals surface area contributed by atoms with Gasteiger partial charge < -0.3 is 19.7 Å². The Morgan fingerprint density at radius 1 is 1.29 bits per heavy atom. The van der Waals surface area contributed by atoms with Gasteiger partial charge in [0.15, 0.2) is 0 Å². The minimum Gasteiger partial charge on any atom is -0.472 e. The Hall–Kier alpha value is -2.60. The molecule has 1 unspecified atom stereocenters. The Bertz CT molecular complexity index is 695. The molecule has 0 bridgehead atoms. The van der Waals surface area contributed by atoms with E-state index in [9.17, 15) is 4.79 Å². The van der Waals surface area contributed by atoms with Crippen molar-refractivity contribution in [1.82, 2.24) is 4.98 Å². The van der Waals surface area contributed by atoms with E-state index in [-0.39, 0.29) is 12.0 Å². The number of nitrogens with zero attached hydrogens (tertiary/aromatic N) is 2. The molecule has 2 heterocycles. The third kappa shape index (κ3) is 4.02. The highest BCUT2D eigenvalue weighted by Crippen LogP contribution is 2.18. The van der Waals surface area contributed by atoms with Crippen LogP contribution in [0.1, 0.15) is 16.8 Å². The SMILES string of the molecule is CN(C)c1ccc(NC(=O)c2ccnc(OC3CCOC3)c2)cc1. The van der Waals surface area contributed by atoms with Crippen LogP contribution in [0.4, 0.5) is 11.4 Å². The van der Waals surface area contributed by atoms with E-state index in [0.29, 0.717) is 24.7 Å². The highest BCUT2D eigenvalue weighted by atomic mass is 16.5. The van der Waals surface area contributed by atoms with Gasteiger partial charge in [0, 0.05) is 49.7 Å². The Morgan fingerprint density at radius 2 is 2.08 bits per heavy atom. The second-order valence-corrected chi connectivity index (χ2v) is 5.88. The van der Waals surface area contributed by atoms with Crippen LogP contribution in [0.25, 0.3) is 0 Å². The molecule has 1 amide bonds. The molecule has 1 N–H and O–H groups in total. The first kappa shape index (κ1) is 16.3. The van der Waals surface area contributed by atoms with E-state index in [1.807, 2.05) is 43.3 Å². The summed E-state index contributed by atoms with van der Waals surface area (Å²) in [6, 6.07) is 11.0. The smallest absolute Gasteiger partial charge is 0.255 e. The molecule has 0 spiro atoms. The molecule has 126 valence electrons. The first-order valence-electron chi connectivity index (χ1n) is 7.91. The van der Waals surface area contributed by atoms with Gasteiger partial charge in [-0.25, -0.2) is 4.98 Å². The molecule has 1 aromatic carbocycles. The second kappa shape index (κ2) is 7.31. The lowest BCUT2D eigenvalue weighted by molar-refractivity contribution is 0.102. The predicted molar refractivity (Wildman–Crippen MR) is 92.8 cm³/mol. The Morgan fingerprint density at radius 3 is 2.75 bits per heavy atom. The summed E-state index contributed by atoms with van der Waals surface area (Å²) in [5.74, 6) is 0.253. The number of aromatic nitrogens is 1. The van der Waals surface area contributed by atoms with Crippen molar-refractivity contribution >= 4 is 17.3 Å². The van der Waals surface area contributed by atoms with Gasteiger partial charge in [-0.2, -0.15) is 0 Å². The van der Waals surface area contributed by atoms with Crippen LogP contribution in [0.3, 0.4) is 0 Å². The highest BCUT2D eigenvalue weighted by molar-refractivity contribution is 6.04. The lowest BCUT2D eigenvalue weighted by atomic mass is 10.2. The molecule has 1 atom stereocenters. The summed E-state index contributed by atoms with van der Waals surface area (Å²) in [5, 5.41) is 2.88. The summed E-state index contributed by atoms with van der Waals surface area (Å²) in [4.78, 5) is 18.6. The average molecular weight is 327 g/mol. The summed E-state index contributed by atoms with van der Waals surface area (Å²) < 4.78 is 11.0. The standard InChI is InChI=1S/C18H21N3O3/c1-21(2)15-5-3-14(4-6-15)20-18(22)13-7-9-19-17(11-13)24-16-8-10-23-12-16/h3-7,9,11,16H,8,10,12H2,1-2H3,(H,20,22). The molecule has 0 radical (unpaired) electrons. The average Bonchev–Trinajstić information content (AvgIpc) is 3.08. The number of benzene rings is 1. The van der Waals surface area contributed by atoms with Gasteiger partial charge in [0.05, 0.1) is 13.2 Å². The molecule has 6 nitrogen and oxygen atoms in total. The maximum atomic E-state index is 12.4. The van der Waals surface area contributed by atoms with E-state index >= 15 is 0 Å². The van der Waals surface area contributed by atoms with E-state index in [2.05, 4.69) is 10.3 Å². The number of carbonyl (C=O) groups is 1. The number of hydrogen-bond donors (Lipinski definition) is 1. The van der Waals surface area contributed by atoms with Crippen molar-refractivity contribution < 1.29 is 14.3 Å². The van der Waals surface area contributed by atoms with Gasteiger partial charge in [-0.15, -0.1) is 0 Å². The number of carbonyl (C=O) groups excluding carboxylic acids is 1. The predicted octanol–water partition coefficient (Wildman–Crippen LogP) is 2.57. The molecule has 1 fully saturated rings. The zero-order valence-electron chi connectivity index (χ0n) is 13.9. The van der Waals surface area contributed by atoms with Gasteiger partial charge in [0.2, 0.25) is 5.88 Å². The van der Waals surface area contributed by atoms with Gasteiger partial charge >= 0.3 is 0 Å². The van der Waals surface area contributed by atoms with E-state index in [0.717, 1.165) is 17.8 Å². The van der Waals surface area contributed by atoms with Crippen LogP contribution >= 0.6 is 0 Å². The summed E-state index contributed by atoms with van der Waals surface area (Å²) in [5.41, 5.74) is 2.33. The number of ether oxygens (including phenoxy) is 2. The number of pyridine rings is 1. The van der Waals surface area contributed by atoms with Crippen LogP contribution in [-0.2, 0) is 4.74 Å². The summed E-state index contributed by atoms with van der Waals surface area (Å²) >= 11 is 0. The fourth-order valence-electron chi connectivity index (χ4n) is 2.44. The lowest BCUT2D eigenvalue weighted by Crippen LogP contribution is -2.17. The van der Waals surface area contributed by atoms with Crippen molar-refractivity contribution in [3.8, 4) is 5.88 Å². The lowest BCUT2D eigenvalue weighted by Gasteiger charge is -2.13. The van der Waals surface area contributed by atoms with Crippen molar-refractivity contribution in [2.45, 2.75) is 12.5 Å². The molecule has 1 aromatic heterocycles. The van der Waals surface area contributed by atoms with Gasteiger partial charge in [-0.3, -0.25) is 4.79 Å². The van der Waals surface area contributed by atoms with Gasteiger partial charge in [0.1, 0.15) is 6.10 Å². The van der Waals surface area contributed by atoms with Crippen molar-refractivity contribution in [3.05, 3.63) is 48.2 Å². The number of hydrogen-bond acceptors (Lipinski definition) is 5. The van der Waals surface area contributed by atoms with E-state index < -0.39 is 0 Å². The topological polar surface area (TPSA) is 63.7 Å². The van der Waals surface area contributed by atoms with Gasteiger partial charge in [-0.1, -0.05) is 0 Å². The third-order valence-electron chi connectivity index (χ3n) is 3.81. The largest absolute Gasteiger partial charge is 0.472 e. The first-order valence-corrected chi connectivity index (χ1v) is 7.91. The van der Waals surface area contributed by atoms with E-state index in [4.69, 9.17) is 9.47 Å². The quantitative estimate of drug-likeness (QED) is 0.914. The minimum absolute atomic E-state index is 0.00869. The Balaban J connectivity index is 1.65. The summed E-state index contributed by atoms with van der Waals surface area (Å²) in [6.45, 7) is 1.27. The molecule has 3 rings (SSSR count). The molecule has 1 saturated heterocycles. The number of amides is 1. The maximum absolute atomic E-state index is 12.4. The fourth-order valence-corrected chi connectivity index (χ4v) is 2.44. The second-order valence-electron chi connectivity index (χ2n) is 5.88. The molecule has 6 heteroatoms. The van der Waals surface area contributed by atoms with Crippen LogP contribution < -0.4 is 15.0 Å². The van der Waals surface area contributed by atoms with Crippen LogP contribution in [0.5, 0.6) is 5.88 Å². The highest BCUT2D eigenvalue weighted by Gasteiger charge is 2.18. The number of anilines is 2. The number of nitrogens with one attached hydrogen (secondary N) is 1. The van der Waals surface area contributed by atoms with Gasteiger partial charge in [0.25, 0.3) is 5.91 Å². The Kier molecular flexibility index (Phi) is 4.96. The molecule has 2 aromatic rings. The number of rotatable bonds is 5. The summed E-state index contributed by atoms with van der Waals surface area (Å²) in [6.07, 6.45) is 2.43. The zero-order chi connectivity index (χ0) is 16.9. The fraction of sp³-hybridized carbons (Fsp3) is 0.333. The molecule has 0 aliphatic carbocycles. The van der Waals surface area contributed by atoms with Crippen molar-refractivity contribution in [3.63, 3.8) is 0 Å². The maximum Gasteiger partial charge on any atom is 0.255 e. The molecular weight excluding hydrogens is 306 g/mol.